The number of ether oxygens (including phenoxy) is 2. The lowest BCUT2D eigenvalue weighted by Gasteiger charge is -2.31. The Morgan fingerprint density at radius 2 is 2.12 bits per heavy atom. The van der Waals surface area contributed by atoms with Crippen LogP contribution in [0.5, 0.6) is 5.75 Å². The highest BCUT2D eigenvalue weighted by atomic mass is 16.6. The van der Waals surface area contributed by atoms with Gasteiger partial charge in [0.15, 0.2) is 0 Å². The Kier molecular flexibility index (Phi) is 5.94. The van der Waals surface area contributed by atoms with Gasteiger partial charge in [-0.1, -0.05) is 18.2 Å². The number of allylic oxidation sites excluding steroid dienone is 1. The number of nitro groups is 1. The molecule has 2 aromatic rings. The molecule has 1 aliphatic carbocycles. The number of fused-ring (bicyclic) bond motifs is 3. The molecule has 0 spiro atoms. The summed E-state index contributed by atoms with van der Waals surface area (Å²) < 4.78 is 10.5. The summed E-state index contributed by atoms with van der Waals surface area (Å²) in [4.78, 5) is 23.1. The number of esters is 1. The predicted molar refractivity (Wildman–Crippen MR) is 119 cm³/mol. The first-order chi connectivity index (χ1) is 15.4. The number of non-ortho nitro benzene ring substituents is 1. The Hall–Kier alpha value is -3.68. The van der Waals surface area contributed by atoms with Gasteiger partial charge in [-0.2, -0.15) is 5.10 Å². The molecule has 0 saturated heterocycles. The highest BCUT2D eigenvalue weighted by Gasteiger charge is 2.42. The van der Waals surface area contributed by atoms with Gasteiger partial charge < -0.3 is 9.47 Å². The van der Waals surface area contributed by atoms with Crippen molar-refractivity contribution >= 4 is 17.4 Å². The quantitative estimate of drug-likeness (QED) is 0.289. The van der Waals surface area contributed by atoms with E-state index in [9.17, 15) is 14.9 Å². The van der Waals surface area contributed by atoms with Gasteiger partial charge >= 0.3 is 5.97 Å². The predicted octanol–water partition coefficient (Wildman–Crippen LogP) is 4.39. The van der Waals surface area contributed by atoms with Crippen LogP contribution in [-0.2, 0) is 16.0 Å². The largest absolute Gasteiger partial charge is 0.497 e. The normalized spacial score (nSPS) is 19.7. The Morgan fingerprint density at radius 1 is 1.31 bits per heavy atom. The fourth-order valence-electron chi connectivity index (χ4n) is 4.49. The minimum atomic E-state index is -0.445. The molecule has 0 saturated carbocycles. The van der Waals surface area contributed by atoms with Crippen molar-refractivity contribution in [3.8, 4) is 5.75 Å². The van der Waals surface area contributed by atoms with Gasteiger partial charge in [-0.3, -0.25) is 15.1 Å². The summed E-state index contributed by atoms with van der Waals surface area (Å²) in [5.41, 5.74) is 4.53. The van der Waals surface area contributed by atoms with E-state index in [-0.39, 0.29) is 24.3 Å². The Bertz CT molecular complexity index is 1120. The van der Waals surface area contributed by atoms with Gasteiger partial charge in [0.1, 0.15) is 5.75 Å². The fourth-order valence-corrected chi connectivity index (χ4v) is 4.49. The summed E-state index contributed by atoms with van der Waals surface area (Å²) in [7, 11) is 1.63. The van der Waals surface area contributed by atoms with Crippen molar-refractivity contribution in [1.82, 2.24) is 5.01 Å². The van der Waals surface area contributed by atoms with Gasteiger partial charge in [-0.05, 0) is 49.9 Å². The van der Waals surface area contributed by atoms with E-state index in [0.717, 1.165) is 35.4 Å². The lowest BCUT2D eigenvalue weighted by Crippen LogP contribution is -2.28. The molecule has 0 radical (unpaired) electrons. The van der Waals surface area contributed by atoms with Crippen LogP contribution in [0.25, 0.3) is 0 Å². The van der Waals surface area contributed by atoms with Crippen LogP contribution in [0.4, 0.5) is 5.69 Å². The van der Waals surface area contributed by atoms with Crippen LogP contribution in [0, 0.1) is 16.0 Å². The SMILES string of the molecule is CCOC(=O)/C=C(\C)N1N=C2c3cc(OC)ccc3CC[C@H]2[C@H]1c1cccc([N+](=O)[O-])c1. The molecule has 0 N–H and O–H groups in total. The van der Waals surface area contributed by atoms with Crippen molar-refractivity contribution < 1.29 is 19.2 Å². The number of hydrogen-bond donors (Lipinski definition) is 0. The number of carbonyl (C=O) groups excluding carboxylic acids is 1. The molecule has 32 heavy (non-hydrogen) atoms. The molecule has 0 aromatic heterocycles. The topological polar surface area (TPSA) is 94.3 Å². The van der Waals surface area contributed by atoms with E-state index in [1.54, 1.807) is 38.1 Å². The zero-order chi connectivity index (χ0) is 22.8. The highest BCUT2D eigenvalue weighted by Crippen LogP contribution is 2.45. The van der Waals surface area contributed by atoms with Crippen molar-refractivity contribution in [3.63, 3.8) is 0 Å². The van der Waals surface area contributed by atoms with Gasteiger partial charge in [0, 0.05) is 35.4 Å². The molecule has 2 aliphatic rings. The van der Waals surface area contributed by atoms with Crippen LogP contribution < -0.4 is 4.74 Å². The second-order valence-electron chi connectivity index (χ2n) is 7.83. The summed E-state index contributed by atoms with van der Waals surface area (Å²) in [6.07, 6.45) is 3.12. The maximum Gasteiger partial charge on any atom is 0.332 e. The van der Waals surface area contributed by atoms with Crippen molar-refractivity contribution in [2.24, 2.45) is 11.0 Å². The van der Waals surface area contributed by atoms with Crippen LogP contribution in [0.2, 0.25) is 0 Å². The van der Waals surface area contributed by atoms with Crippen molar-refractivity contribution in [2.45, 2.75) is 32.7 Å². The molecule has 4 rings (SSSR count). The molecule has 2 aromatic carbocycles. The molecular weight excluding hydrogens is 410 g/mol. The van der Waals surface area contributed by atoms with Gasteiger partial charge in [0.05, 0.1) is 30.4 Å². The Labute approximate surface area is 186 Å². The van der Waals surface area contributed by atoms with E-state index >= 15 is 0 Å². The van der Waals surface area contributed by atoms with Crippen LogP contribution in [-0.4, -0.2) is 35.3 Å². The number of hydrazone groups is 1. The summed E-state index contributed by atoms with van der Waals surface area (Å²) in [6.45, 7) is 3.83. The number of nitro benzene ring substituents is 1. The van der Waals surface area contributed by atoms with Gasteiger partial charge in [0.2, 0.25) is 0 Å². The van der Waals surface area contributed by atoms with Crippen LogP contribution in [0.15, 0.2) is 59.3 Å². The van der Waals surface area contributed by atoms with Crippen molar-refractivity contribution in [3.05, 3.63) is 81.0 Å². The number of benzene rings is 2. The standard InChI is InChI=1S/C24H25N3O5/c1-4-32-22(28)12-15(2)26-24(17-6-5-7-18(13-17)27(29)30)20-11-9-16-8-10-19(31-3)14-21(16)23(20)25-26/h5-8,10,12-14,20,24H,4,9,11H2,1-3H3/b15-12+/t20-,24-/m1/s1. The molecule has 166 valence electrons. The average molecular weight is 435 g/mol. The van der Waals surface area contributed by atoms with E-state index in [2.05, 4.69) is 6.07 Å². The molecule has 0 amide bonds. The zero-order valence-electron chi connectivity index (χ0n) is 18.3. The number of nitrogens with zero attached hydrogens (tertiary/aromatic N) is 3. The first-order valence-electron chi connectivity index (χ1n) is 10.6. The molecular formula is C24H25N3O5. The highest BCUT2D eigenvalue weighted by molar-refractivity contribution is 6.06. The van der Waals surface area contributed by atoms with Crippen LogP contribution in [0.3, 0.4) is 0 Å². The van der Waals surface area contributed by atoms with E-state index < -0.39 is 10.9 Å². The average Bonchev–Trinajstić information content (AvgIpc) is 3.19. The van der Waals surface area contributed by atoms with Crippen molar-refractivity contribution in [2.75, 3.05) is 13.7 Å². The number of aryl methyl sites for hydroxylation is 1. The second kappa shape index (κ2) is 8.82. The minimum Gasteiger partial charge on any atom is -0.497 e. The number of rotatable bonds is 6. The third kappa shape index (κ3) is 3.95. The molecule has 1 aliphatic heterocycles. The third-order valence-corrected chi connectivity index (χ3v) is 5.93. The Balaban J connectivity index is 1.82. The molecule has 8 nitrogen and oxygen atoms in total. The minimum absolute atomic E-state index is 0.0159. The summed E-state index contributed by atoms with van der Waals surface area (Å²) in [5.74, 6) is 0.318. The zero-order valence-corrected chi connectivity index (χ0v) is 18.3. The van der Waals surface area contributed by atoms with E-state index in [1.807, 2.05) is 18.2 Å². The molecule has 8 heteroatoms. The number of carbonyl (C=O) groups is 1. The molecule has 0 bridgehead atoms. The lowest BCUT2D eigenvalue weighted by atomic mass is 9.77. The lowest BCUT2D eigenvalue weighted by molar-refractivity contribution is -0.385. The van der Waals surface area contributed by atoms with Gasteiger partial charge in [-0.25, -0.2) is 4.79 Å². The van der Waals surface area contributed by atoms with Crippen LogP contribution in [0.1, 0.15) is 43.0 Å². The molecule has 0 fully saturated rings. The maximum absolute atomic E-state index is 12.1. The van der Waals surface area contributed by atoms with Crippen molar-refractivity contribution in [1.29, 1.82) is 0 Å². The molecule has 1 heterocycles. The monoisotopic (exact) mass is 435 g/mol. The first kappa shape index (κ1) is 21.5. The summed E-state index contributed by atoms with van der Waals surface area (Å²) in [6, 6.07) is 12.3. The van der Waals surface area contributed by atoms with E-state index in [0.29, 0.717) is 5.70 Å². The number of hydrogen-bond acceptors (Lipinski definition) is 7. The third-order valence-electron chi connectivity index (χ3n) is 5.93. The molecule has 0 unspecified atom stereocenters. The first-order valence-corrected chi connectivity index (χ1v) is 10.6. The second-order valence-corrected chi connectivity index (χ2v) is 7.83. The van der Waals surface area contributed by atoms with Gasteiger partial charge in [0.25, 0.3) is 5.69 Å². The molecule has 2 atom stereocenters. The van der Waals surface area contributed by atoms with Crippen LogP contribution >= 0.6 is 0 Å². The van der Waals surface area contributed by atoms with E-state index in [4.69, 9.17) is 14.6 Å². The smallest absolute Gasteiger partial charge is 0.332 e. The summed E-state index contributed by atoms with van der Waals surface area (Å²) >= 11 is 0. The Morgan fingerprint density at radius 3 is 2.84 bits per heavy atom. The van der Waals surface area contributed by atoms with Gasteiger partial charge in [-0.15, -0.1) is 0 Å². The number of methoxy groups -OCH3 is 1. The van der Waals surface area contributed by atoms with E-state index in [1.165, 1.54) is 17.7 Å². The maximum atomic E-state index is 12.1. The fraction of sp³-hybridized carbons (Fsp3) is 0.333. The summed E-state index contributed by atoms with van der Waals surface area (Å²) in [5, 5.41) is 18.1.